The van der Waals surface area contributed by atoms with Gasteiger partial charge in [0.1, 0.15) is 0 Å². The summed E-state index contributed by atoms with van der Waals surface area (Å²) in [6, 6.07) is 17.3. The zero-order valence-electron chi connectivity index (χ0n) is 15.8. The summed E-state index contributed by atoms with van der Waals surface area (Å²) in [6.07, 6.45) is 2.29. The van der Waals surface area contributed by atoms with Gasteiger partial charge in [0, 0.05) is 29.4 Å². The van der Waals surface area contributed by atoms with E-state index in [-0.39, 0.29) is 0 Å². The highest BCUT2D eigenvalue weighted by Gasteiger charge is 2.17. The van der Waals surface area contributed by atoms with Gasteiger partial charge in [-0.1, -0.05) is 62.4 Å². The monoisotopic (exact) mass is 332 g/mol. The van der Waals surface area contributed by atoms with E-state index in [0.29, 0.717) is 0 Å². The van der Waals surface area contributed by atoms with E-state index in [0.717, 1.165) is 37.3 Å². The molecular weight excluding hydrogens is 304 g/mol. The van der Waals surface area contributed by atoms with Gasteiger partial charge in [0.2, 0.25) is 0 Å². The summed E-state index contributed by atoms with van der Waals surface area (Å²) in [4.78, 5) is 7.58. The van der Waals surface area contributed by atoms with Crippen LogP contribution in [0.2, 0.25) is 0 Å². The van der Waals surface area contributed by atoms with Crippen LogP contribution in [0.3, 0.4) is 0 Å². The van der Waals surface area contributed by atoms with Crippen molar-refractivity contribution < 1.29 is 0 Å². The first-order chi connectivity index (χ1) is 12.2. The molecule has 2 nitrogen and oxygen atoms in total. The highest BCUT2D eigenvalue weighted by Crippen LogP contribution is 2.36. The molecule has 1 heterocycles. The van der Waals surface area contributed by atoms with Gasteiger partial charge in [0.05, 0.1) is 17.1 Å². The van der Waals surface area contributed by atoms with E-state index in [9.17, 15) is 0 Å². The van der Waals surface area contributed by atoms with Gasteiger partial charge in [-0.05, 0) is 32.3 Å². The predicted octanol–water partition coefficient (Wildman–Crippen LogP) is 6.15. The summed E-state index contributed by atoms with van der Waals surface area (Å²) in [6.45, 7) is 11.0. The molecule has 1 aromatic heterocycles. The Kier molecular flexibility index (Phi) is 5.37. The minimum Gasteiger partial charge on any atom is -0.370 e. The third-order valence-electron chi connectivity index (χ3n) is 4.76. The number of aromatic nitrogens is 1. The third kappa shape index (κ3) is 3.39. The predicted molar refractivity (Wildman–Crippen MR) is 109 cm³/mol. The van der Waals surface area contributed by atoms with Crippen LogP contribution in [0.15, 0.2) is 48.5 Å². The summed E-state index contributed by atoms with van der Waals surface area (Å²) in [5.74, 6) is 0. The second-order valence-electron chi connectivity index (χ2n) is 6.74. The second-order valence-corrected chi connectivity index (χ2v) is 6.74. The smallest absolute Gasteiger partial charge is 0.0787 e. The Labute approximate surface area is 151 Å². The van der Waals surface area contributed by atoms with Crippen molar-refractivity contribution in [2.75, 3.05) is 18.0 Å². The number of aryl methyl sites for hydroxylation is 2. The normalized spacial score (nSPS) is 11.0. The molecule has 25 heavy (non-hydrogen) atoms. The van der Waals surface area contributed by atoms with Crippen LogP contribution in [-0.4, -0.2) is 18.1 Å². The Morgan fingerprint density at radius 3 is 2.04 bits per heavy atom. The Hall–Kier alpha value is -2.35. The van der Waals surface area contributed by atoms with E-state index in [1.54, 1.807) is 0 Å². The van der Waals surface area contributed by atoms with Gasteiger partial charge in [-0.25, -0.2) is 0 Å². The van der Waals surface area contributed by atoms with Crippen molar-refractivity contribution in [3.63, 3.8) is 0 Å². The Morgan fingerprint density at radius 2 is 1.40 bits per heavy atom. The van der Waals surface area contributed by atoms with Crippen molar-refractivity contribution in [2.24, 2.45) is 0 Å². The third-order valence-corrected chi connectivity index (χ3v) is 4.76. The van der Waals surface area contributed by atoms with Crippen LogP contribution in [0, 0.1) is 13.8 Å². The molecule has 0 bridgehead atoms. The number of hydrogen-bond donors (Lipinski definition) is 0. The zero-order chi connectivity index (χ0) is 17.8. The molecule has 0 radical (unpaired) electrons. The lowest BCUT2D eigenvalue weighted by Gasteiger charge is -2.27. The van der Waals surface area contributed by atoms with Crippen molar-refractivity contribution in [1.29, 1.82) is 0 Å². The first kappa shape index (κ1) is 17.5. The lowest BCUT2D eigenvalue weighted by atomic mass is 9.98. The molecule has 0 unspecified atom stereocenters. The maximum atomic E-state index is 5.08. The highest BCUT2D eigenvalue weighted by molar-refractivity contribution is 6.03. The summed E-state index contributed by atoms with van der Waals surface area (Å²) in [7, 11) is 0. The van der Waals surface area contributed by atoms with Crippen LogP contribution in [-0.2, 0) is 0 Å². The highest BCUT2D eigenvalue weighted by atomic mass is 15.1. The van der Waals surface area contributed by atoms with E-state index in [1.807, 2.05) is 0 Å². The number of pyridine rings is 1. The number of anilines is 1. The molecule has 0 aliphatic carbocycles. The number of nitrogens with zero attached hydrogens (tertiary/aromatic N) is 2. The van der Waals surface area contributed by atoms with E-state index < -0.39 is 0 Å². The molecule has 0 saturated heterocycles. The molecule has 0 saturated carbocycles. The fourth-order valence-corrected chi connectivity index (χ4v) is 3.69. The van der Waals surface area contributed by atoms with Crippen LogP contribution < -0.4 is 4.90 Å². The van der Waals surface area contributed by atoms with Crippen LogP contribution in [0.5, 0.6) is 0 Å². The Morgan fingerprint density at radius 1 is 0.800 bits per heavy atom. The first-order valence-corrected chi connectivity index (χ1v) is 9.37. The van der Waals surface area contributed by atoms with Crippen LogP contribution >= 0.6 is 0 Å². The fourth-order valence-electron chi connectivity index (χ4n) is 3.69. The number of fused-ring (bicyclic) bond motifs is 1. The van der Waals surface area contributed by atoms with Crippen molar-refractivity contribution in [3.8, 4) is 11.3 Å². The molecule has 0 atom stereocenters. The number of benzene rings is 2. The molecular formula is C23H28N2. The molecule has 0 spiro atoms. The van der Waals surface area contributed by atoms with Crippen molar-refractivity contribution >= 4 is 16.5 Å². The Balaban J connectivity index is 2.28. The number of hydrogen-bond acceptors (Lipinski definition) is 2. The standard InChI is InChI=1S/C23H28N2/c1-5-15-25(16-6-2)23-18(4)24-22(19-12-8-7-11-17(19)3)20-13-9-10-14-21(20)23/h7-14H,5-6,15-16H2,1-4H3. The average Bonchev–Trinajstić information content (AvgIpc) is 2.62. The van der Waals surface area contributed by atoms with Crippen molar-refractivity contribution in [1.82, 2.24) is 4.98 Å². The van der Waals surface area contributed by atoms with Gasteiger partial charge < -0.3 is 4.90 Å². The van der Waals surface area contributed by atoms with Gasteiger partial charge in [0.25, 0.3) is 0 Å². The van der Waals surface area contributed by atoms with Gasteiger partial charge >= 0.3 is 0 Å². The summed E-state index contributed by atoms with van der Waals surface area (Å²) in [5.41, 5.74) is 6.02. The molecule has 0 fully saturated rings. The minimum atomic E-state index is 1.07. The molecule has 2 aromatic carbocycles. The largest absolute Gasteiger partial charge is 0.370 e. The molecule has 3 rings (SSSR count). The van der Waals surface area contributed by atoms with E-state index in [1.165, 1.54) is 27.6 Å². The molecule has 0 N–H and O–H groups in total. The molecule has 2 heteroatoms. The first-order valence-electron chi connectivity index (χ1n) is 9.37. The van der Waals surface area contributed by atoms with Gasteiger partial charge in [0.15, 0.2) is 0 Å². The van der Waals surface area contributed by atoms with E-state index in [4.69, 9.17) is 4.98 Å². The zero-order valence-corrected chi connectivity index (χ0v) is 15.8. The van der Waals surface area contributed by atoms with Gasteiger partial charge in [-0.15, -0.1) is 0 Å². The van der Waals surface area contributed by atoms with Gasteiger partial charge in [-0.3, -0.25) is 4.98 Å². The minimum absolute atomic E-state index is 1.07. The molecule has 0 amide bonds. The lowest BCUT2D eigenvalue weighted by Crippen LogP contribution is -2.26. The summed E-state index contributed by atoms with van der Waals surface area (Å²) < 4.78 is 0. The SMILES string of the molecule is CCCN(CCC)c1c(C)nc(-c2ccccc2C)c2ccccc12. The Bertz CT molecular complexity index is 861. The topological polar surface area (TPSA) is 16.1 Å². The average molecular weight is 332 g/mol. The van der Waals surface area contributed by atoms with E-state index in [2.05, 4.69) is 81.1 Å². The van der Waals surface area contributed by atoms with Gasteiger partial charge in [-0.2, -0.15) is 0 Å². The van der Waals surface area contributed by atoms with E-state index >= 15 is 0 Å². The summed E-state index contributed by atoms with van der Waals surface area (Å²) in [5, 5.41) is 2.56. The molecule has 3 aromatic rings. The number of rotatable bonds is 6. The quantitative estimate of drug-likeness (QED) is 0.538. The van der Waals surface area contributed by atoms with Crippen LogP contribution in [0.25, 0.3) is 22.0 Å². The second kappa shape index (κ2) is 7.69. The van der Waals surface area contributed by atoms with Crippen LogP contribution in [0.4, 0.5) is 5.69 Å². The molecule has 0 aliphatic heterocycles. The van der Waals surface area contributed by atoms with Crippen molar-refractivity contribution in [2.45, 2.75) is 40.5 Å². The van der Waals surface area contributed by atoms with Crippen LogP contribution in [0.1, 0.15) is 37.9 Å². The summed E-state index contributed by atoms with van der Waals surface area (Å²) >= 11 is 0. The lowest BCUT2D eigenvalue weighted by molar-refractivity contribution is 0.743. The molecule has 0 aliphatic rings. The molecule has 130 valence electrons. The maximum Gasteiger partial charge on any atom is 0.0787 e. The van der Waals surface area contributed by atoms with Crippen molar-refractivity contribution in [3.05, 3.63) is 59.8 Å². The maximum absolute atomic E-state index is 5.08. The fraction of sp³-hybridized carbons (Fsp3) is 0.348.